The molecule has 0 amide bonds. The van der Waals surface area contributed by atoms with Crippen LogP contribution in [0.25, 0.3) is 0 Å². The number of hydrogen-bond acceptors (Lipinski definition) is 3. The van der Waals surface area contributed by atoms with Crippen LogP contribution in [-0.2, 0) is 12.0 Å². The van der Waals surface area contributed by atoms with Gasteiger partial charge in [-0.2, -0.15) is 0 Å². The Bertz CT molecular complexity index is 496. The third-order valence-corrected chi connectivity index (χ3v) is 3.15. The van der Waals surface area contributed by atoms with E-state index in [9.17, 15) is 0 Å². The zero-order valence-electron chi connectivity index (χ0n) is 10.5. The third-order valence-electron chi connectivity index (χ3n) is 3.15. The van der Waals surface area contributed by atoms with Gasteiger partial charge >= 0.3 is 0 Å². The van der Waals surface area contributed by atoms with Crippen LogP contribution < -0.4 is 5.73 Å². The fourth-order valence-electron chi connectivity index (χ4n) is 2.00. The quantitative estimate of drug-likeness (QED) is 0.822. The molecule has 0 unspecified atom stereocenters. The maximum Gasteiger partial charge on any atom is 0.142 e. The predicted octanol–water partition coefficient (Wildman–Crippen LogP) is 2.21. The van der Waals surface area contributed by atoms with E-state index in [4.69, 9.17) is 5.73 Å². The lowest BCUT2D eigenvalue weighted by Gasteiger charge is -2.24. The summed E-state index contributed by atoms with van der Waals surface area (Å²) in [4.78, 5) is 0. The second-order valence-electron chi connectivity index (χ2n) is 4.69. The standard InChI is InChI=1S/C13H18N4/c1-4-17-9-15-16-12(17)13(2,3)10-5-7-11(14)8-6-10/h5-9H,4,14H2,1-3H3. The first-order chi connectivity index (χ1) is 8.05. The van der Waals surface area contributed by atoms with Gasteiger partial charge in [-0.15, -0.1) is 10.2 Å². The summed E-state index contributed by atoms with van der Waals surface area (Å²) >= 11 is 0. The number of aromatic nitrogens is 3. The highest BCUT2D eigenvalue weighted by Crippen LogP contribution is 2.30. The summed E-state index contributed by atoms with van der Waals surface area (Å²) in [6.07, 6.45) is 1.77. The van der Waals surface area contributed by atoms with Crippen molar-refractivity contribution in [1.29, 1.82) is 0 Å². The van der Waals surface area contributed by atoms with E-state index >= 15 is 0 Å². The van der Waals surface area contributed by atoms with Crippen molar-refractivity contribution in [3.05, 3.63) is 42.0 Å². The molecule has 0 saturated carbocycles. The van der Waals surface area contributed by atoms with E-state index in [-0.39, 0.29) is 5.41 Å². The van der Waals surface area contributed by atoms with Crippen molar-refractivity contribution in [2.24, 2.45) is 0 Å². The Balaban J connectivity index is 2.45. The SMILES string of the molecule is CCn1cnnc1C(C)(C)c1ccc(N)cc1. The first kappa shape index (κ1) is 11.6. The number of hydrogen-bond donors (Lipinski definition) is 1. The van der Waals surface area contributed by atoms with E-state index in [0.717, 1.165) is 18.1 Å². The van der Waals surface area contributed by atoms with Gasteiger partial charge in [0, 0.05) is 17.6 Å². The van der Waals surface area contributed by atoms with Crippen LogP contribution in [0.2, 0.25) is 0 Å². The Kier molecular flexibility index (Phi) is 2.88. The monoisotopic (exact) mass is 230 g/mol. The van der Waals surface area contributed by atoms with Gasteiger partial charge in [-0.1, -0.05) is 12.1 Å². The first-order valence-electron chi connectivity index (χ1n) is 5.80. The van der Waals surface area contributed by atoms with Gasteiger partial charge in [0.2, 0.25) is 0 Å². The summed E-state index contributed by atoms with van der Waals surface area (Å²) in [5.74, 6) is 0.977. The molecule has 17 heavy (non-hydrogen) atoms. The molecule has 4 heteroatoms. The molecule has 0 aliphatic rings. The van der Waals surface area contributed by atoms with Gasteiger partial charge in [0.05, 0.1) is 0 Å². The molecule has 90 valence electrons. The molecule has 1 aromatic carbocycles. The number of rotatable bonds is 3. The molecule has 0 aliphatic carbocycles. The molecule has 2 rings (SSSR count). The molecule has 1 heterocycles. The molecule has 2 N–H and O–H groups in total. The number of benzene rings is 1. The Morgan fingerprint density at radius 1 is 1.24 bits per heavy atom. The zero-order chi connectivity index (χ0) is 12.5. The Morgan fingerprint density at radius 2 is 1.88 bits per heavy atom. The predicted molar refractivity (Wildman–Crippen MR) is 68.7 cm³/mol. The minimum absolute atomic E-state index is 0.166. The Hall–Kier alpha value is -1.84. The molecule has 4 nitrogen and oxygen atoms in total. The molecule has 0 atom stereocenters. The van der Waals surface area contributed by atoms with Crippen molar-refractivity contribution in [3.63, 3.8) is 0 Å². The summed E-state index contributed by atoms with van der Waals surface area (Å²) in [6.45, 7) is 7.26. The van der Waals surface area contributed by atoms with Gasteiger partial charge in [-0.3, -0.25) is 0 Å². The van der Waals surface area contributed by atoms with Crippen molar-refractivity contribution in [2.75, 3.05) is 5.73 Å². The lowest BCUT2D eigenvalue weighted by Crippen LogP contribution is -2.24. The molecule has 0 aliphatic heterocycles. The van der Waals surface area contributed by atoms with E-state index in [0.29, 0.717) is 0 Å². The lowest BCUT2D eigenvalue weighted by atomic mass is 9.83. The van der Waals surface area contributed by atoms with Crippen LogP contribution >= 0.6 is 0 Å². The molecule has 0 spiro atoms. The van der Waals surface area contributed by atoms with E-state index < -0.39 is 0 Å². The fourth-order valence-corrected chi connectivity index (χ4v) is 2.00. The molecular formula is C13H18N4. The van der Waals surface area contributed by atoms with Crippen molar-refractivity contribution >= 4 is 5.69 Å². The molecule has 1 aromatic heterocycles. The van der Waals surface area contributed by atoms with Gasteiger partial charge in [-0.25, -0.2) is 0 Å². The minimum Gasteiger partial charge on any atom is -0.399 e. The molecule has 0 radical (unpaired) electrons. The summed E-state index contributed by atoms with van der Waals surface area (Å²) in [5, 5.41) is 8.23. The number of aryl methyl sites for hydroxylation is 1. The first-order valence-corrected chi connectivity index (χ1v) is 5.80. The highest BCUT2D eigenvalue weighted by molar-refractivity contribution is 5.43. The summed E-state index contributed by atoms with van der Waals surface area (Å²) in [7, 11) is 0. The third kappa shape index (κ3) is 2.02. The number of nitrogens with zero attached hydrogens (tertiary/aromatic N) is 3. The molecular weight excluding hydrogens is 212 g/mol. The maximum absolute atomic E-state index is 5.71. The molecule has 0 fully saturated rings. The highest BCUT2D eigenvalue weighted by Gasteiger charge is 2.28. The Labute approximate surface area is 101 Å². The maximum atomic E-state index is 5.71. The van der Waals surface area contributed by atoms with Gasteiger partial charge in [-0.05, 0) is 38.5 Å². The second-order valence-corrected chi connectivity index (χ2v) is 4.69. The van der Waals surface area contributed by atoms with Crippen LogP contribution in [0.4, 0.5) is 5.69 Å². The normalized spacial score (nSPS) is 11.7. The van der Waals surface area contributed by atoms with Gasteiger partial charge in [0.25, 0.3) is 0 Å². The summed E-state index contributed by atoms with van der Waals surface area (Å²) in [6, 6.07) is 7.93. The van der Waals surface area contributed by atoms with E-state index in [1.165, 1.54) is 5.56 Å². The van der Waals surface area contributed by atoms with E-state index in [2.05, 4.69) is 35.5 Å². The van der Waals surface area contributed by atoms with Crippen LogP contribution in [0.5, 0.6) is 0 Å². The van der Waals surface area contributed by atoms with Crippen molar-refractivity contribution in [3.8, 4) is 0 Å². The van der Waals surface area contributed by atoms with Gasteiger partial charge in [0.15, 0.2) is 0 Å². The average molecular weight is 230 g/mol. The van der Waals surface area contributed by atoms with Crippen LogP contribution in [0.15, 0.2) is 30.6 Å². The minimum atomic E-state index is -0.166. The summed E-state index contributed by atoms with van der Waals surface area (Å²) < 4.78 is 2.07. The lowest BCUT2D eigenvalue weighted by molar-refractivity contribution is 0.540. The molecule has 2 aromatic rings. The molecule has 0 saturated heterocycles. The largest absolute Gasteiger partial charge is 0.399 e. The number of anilines is 1. The summed E-state index contributed by atoms with van der Waals surface area (Å²) in [5.41, 5.74) is 7.51. The number of nitrogen functional groups attached to an aromatic ring is 1. The van der Waals surface area contributed by atoms with Gasteiger partial charge in [0.1, 0.15) is 12.2 Å². The molecule has 0 bridgehead atoms. The topological polar surface area (TPSA) is 56.7 Å². The van der Waals surface area contributed by atoms with Crippen LogP contribution in [0.3, 0.4) is 0 Å². The van der Waals surface area contributed by atoms with E-state index in [1.807, 2.05) is 24.3 Å². The smallest absolute Gasteiger partial charge is 0.142 e. The van der Waals surface area contributed by atoms with Gasteiger partial charge < -0.3 is 10.3 Å². The van der Waals surface area contributed by atoms with Crippen molar-refractivity contribution in [1.82, 2.24) is 14.8 Å². The van der Waals surface area contributed by atoms with E-state index in [1.54, 1.807) is 6.33 Å². The zero-order valence-corrected chi connectivity index (χ0v) is 10.5. The van der Waals surface area contributed by atoms with Crippen molar-refractivity contribution in [2.45, 2.75) is 32.7 Å². The fraction of sp³-hybridized carbons (Fsp3) is 0.385. The Morgan fingerprint density at radius 3 is 2.47 bits per heavy atom. The second kappa shape index (κ2) is 4.20. The number of nitrogens with two attached hydrogens (primary N) is 1. The van der Waals surface area contributed by atoms with Crippen LogP contribution in [-0.4, -0.2) is 14.8 Å². The van der Waals surface area contributed by atoms with Crippen LogP contribution in [0, 0.1) is 0 Å². The van der Waals surface area contributed by atoms with Crippen molar-refractivity contribution < 1.29 is 0 Å². The van der Waals surface area contributed by atoms with Crippen LogP contribution in [0.1, 0.15) is 32.2 Å². The highest BCUT2D eigenvalue weighted by atomic mass is 15.3. The average Bonchev–Trinajstić information content (AvgIpc) is 2.78.